The maximum Gasteiger partial charge on any atom is 0.235 e. The molecule has 0 heterocycles. The van der Waals surface area contributed by atoms with Crippen LogP contribution in [0.4, 0.5) is 10.1 Å². The Kier molecular flexibility index (Phi) is 4.42. The van der Waals surface area contributed by atoms with Gasteiger partial charge in [-0.15, -0.1) is 0 Å². The number of anilines is 1. The minimum atomic E-state index is -3.50. The normalized spacial score (nSPS) is 17.4. The lowest BCUT2D eigenvalue weighted by Gasteiger charge is -2.22. The maximum atomic E-state index is 13.8. The predicted octanol–water partition coefficient (Wildman–Crippen LogP) is 2.36. The summed E-state index contributed by atoms with van der Waals surface area (Å²) >= 11 is 0. The fourth-order valence-corrected chi connectivity index (χ4v) is 3.97. The fraction of sp³-hybridized carbons (Fsp3) is 0.538. The molecular formula is C13H19FN2O2S. The molecule has 6 heteroatoms. The third-order valence-corrected chi connectivity index (χ3v) is 5.37. The van der Waals surface area contributed by atoms with Crippen molar-refractivity contribution in [3.8, 4) is 0 Å². The molecular weight excluding hydrogens is 267 g/mol. The van der Waals surface area contributed by atoms with Crippen LogP contribution < -0.4 is 10.5 Å². The highest BCUT2D eigenvalue weighted by molar-refractivity contribution is 7.93. The summed E-state index contributed by atoms with van der Waals surface area (Å²) in [5.41, 5.74) is 6.05. The molecule has 0 aromatic heterocycles. The maximum absolute atomic E-state index is 13.8. The zero-order valence-electron chi connectivity index (χ0n) is 10.7. The van der Waals surface area contributed by atoms with Gasteiger partial charge in [0.05, 0.1) is 10.9 Å². The first-order valence-electron chi connectivity index (χ1n) is 6.53. The van der Waals surface area contributed by atoms with Gasteiger partial charge in [-0.3, -0.25) is 4.72 Å². The Morgan fingerprint density at radius 1 is 1.26 bits per heavy atom. The molecule has 0 atom stereocenters. The zero-order valence-corrected chi connectivity index (χ0v) is 11.5. The molecule has 3 N–H and O–H groups in total. The summed E-state index contributed by atoms with van der Waals surface area (Å²) in [5.74, 6) is -0.581. The fourth-order valence-electron chi connectivity index (χ4n) is 2.38. The van der Waals surface area contributed by atoms with E-state index in [1.807, 2.05) is 0 Å². The number of halogens is 1. The summed E-state index contributed by atoms with van der Waals surface area (Å²) in [6.07, 6.45) is 4.21. The van der Waals surface area contributed by atoms with Crippen LogP contribution in [0, 0.1) is 5.82 Å². The van der Waals surface area contributed by atoms with Gasteiger partial charge < -0.3 is 5.73 Å². The summed E-state index contributed by atoms with van der Waals surface area (Å²) in [6, 6.07) is 4.32. The van der Waals surface area contributed by atoms with E-state index in [0.29, 0.717) is 18.4 Å². The summed E-state index contributed by atoms with van der Waals surface area (Å²) in [5, 5.41) is -0.408. The molecule has 1 aliphatic rings. The van der Waals surface area contributed by atoms with E-state index in [9.17, 15) is 12.8 Å². The summed E-state index contributed by atoms with van der Waals surface area (Å²) in [7, 11) is -3.50. The smallest absolute Gasteiger partial charge is 0.235 e. The largest absolute Gasteiger partial charge is 0.326 e. The number of nitrogens with two attached hydrogens (primary N) is 1. The van der Waals surface area contributed by atoms with Crippen molar-refractivity contribution in [2.24, 2.45) is 5.73 Å². The number of hydrogen-bond donors (Lipinski definition) is 2. The Labute approximate surface area is 113 Å². The molecule has 2 rings (SSSR count). The molecule has 1 aromatic rings. The van der Waals surface area contributed by atoms with E-state index in [-0.39, 0.29) is 12.2 Å². The Hall–Kier alpha value is -1.14. The molecule has 1 fully saturated rings. The minimum absolute atomic E-state index is 0.00257. The third-order valence-electron chi connectivity index (χ3n) is 3.51. The van der Waals surface area contributed by atoms with Gasteiger partial charge in [0.25, 0.3) is 0 Å². The van der Waals surface area contributed by atoms with E-state index in [1.165, 1.54) is 12.1 Å². The Morgan fingerprint density at radius 3 is 2.53 bits per heavy atom. The molecule has 19 heavy (non-hydrogen) atoms. The topological polar surface area (TPSA) is 72.2 Å². The van der Waals surface area contributed by atoms with Crippen LogP contribution in [0.5, 0.6) is 0 Å². The first kappa shape index (κ1) is 14.3. The van der Waals surface area contributed by atoms with E-state index in [1.54, 1.807) is 6.07 Å². The summed E-state index contributed by atoms with van der Waals surface area (Å²) in [6.45, 7) is 0.229. The van der Waals surface area contributed by atoms with Crippen LogP contribution in [-0.2, 0) is 16.6 Å². The number of benzene rings is 1. The zero-order chi connectivity index (χ0) is 13.9. The van der Waals surface area contributed by atoms with E-state index in [0.717, 1.165) is 19.3 Å². The third kappa shape index (κ3) is 3.45. The van der Waals surface area contributed by atoms with Crippen LogP contribution in [0.2, 0.25) is 0 Å². The average Bonchev–Trinajstić information content (AvgIpc) is 2.42. The van der Waals surface area contributed by atoms with Gasteiger partial charge in [0.1, 0.15) is 5.82 Å². The van der Waals surface area contributed by atoms with Crippen LogP contribution in [0.3, 0.4) is 0 Å². The van der Waals surface area contributed by atoms with Crippen LogP contribution in [-0.4, -0.2) is 13.7 Å². The van der Waals surface area contributed by atoms with E-state index >= 15 is 0 Å². The van der Waals surface area contributed by atoms with Crippen LogP contribution in [0.15, 0.2) is 18.2 Å². The van der Waals surface area contributed by atoms with Gasteiger partial charge in [-0.1, -0.05) is 25.3 Å². The monoisotopic (exact) mass is 286 g/mol. The second-order valence-electron chi connectivity index (χ2n) is 4.93. The van der Waals surface area contributed by atoms with Crippen molar-refractivity contribution in [2.75, 3.05) is 4.72 Å². The second-order valence-corrected chi connectivity index (χ2v) is 6.89. The average molecular weight is 286 g/mol. The molecule has 0 radical (unpaired) electrons. The summed E-state index contributed by atoms with van der Waals surface area (Å²) < 4.78 is 40.4. The lowest BCUT2D eigenvalue weighted by molar-refractivity contribution is 0.486. The van der Waals surface area contributed by atoms with Crippen molar-refractivity contribution in [3.05, 3.63) is 29.6 Å². The number of nitrogens with one attached hydrogen (secondary N) is 1. The van der Waals surface area contributed by atoms with Crippen molar-refractivity contribution >= 4 is 15.7 Å². The van der Waals surface area contributed by atoms with Crippen LogP contribution in [0.25, 0.3) is 0 Å². The molecule has 0 spiro atoms. The highest BCUT2D eigenvalue weighted by Crippen LogP contribution is 2.26. The molecule has 4 nitrogen and oxygen atoms in total. The number of sulfonamides is 1. The van der Waals surface area contributed by atoms with Gasteiger partial charge in [-0.2, -0.15) is 0 Å². The quantitative estimate of drug-likeness (QED) is 0.892. The highest BCUT2D eigenvalue weighted by atomic mass is 32.2. The van der Waals surface area contributed by atoms with Gasteiger partial charge >= 0.3 is 0 Å². The molecule has 106 valence electrons. The van der Waals surface area contributed by atoms with Crippen molar-refractivity contribution in [3.63, 3.8) is 0 Å². The first-order chi connectivity index (χ1) is 9.03. The Morgan fingerprint density at radius 2 is 1.95 bits per heavy atom. The standard InChI is InChI=1S/C13H19FN2O2S/c14-12-8-10(9-15)6-7-13(12)16-19(17,18)11-4-2-1-3-5-11/h6-8,11,16H,1-5,9,15H2. The Balaban J connectivity index is 2.15. The second kappa shape index (κ2) is 5.88. The van der Waals surface area contributed by atoms with Crippen molar-refractivity contribution in [2.45, 2.75) is 43.9 Å². The van der Waals surface area contributed by atoms with Gasteiger partial charge in [-0.05, 0) is 30.5 Å². The molecule has 1 aliphatic carbocycles. The van der Waals surface area contributed by atoms with E-state index in [4.69, 9.17) is 5.73 Å². The molecule has 0 saturated heterocycles. The molecule has 0 amide bonds. The van der Waals surface area contributed by atoms with Gasteiger partial charge in [0.15, 0.2) is 0 Å². The SMILES string of the molecule is NCc1ccc(NS(=O)(=O)C2CCCCC2)c(F)c1. The molecule has 1 aromatic carbocycles. The first-order valence-corrected chi connectivity index (χ1v) is 8.07. The number of hydrogen-bond acceptors (Lipinski definition) is 3. The lowest BCUT2D eigenvalue weighted by atomic mass is 10.0. The van der Waals surface area contributed by atoms with Gasteiger partial charge in [-0.25, -0.2) is 12.8 Å². The molecule has 0 aliphatic heterocycles. The molecule has 1 saturated carbocycles. The van der Waals surface area contributed by atoms with Crippen LogP contribution >= 0.6 is 0 Å². The lowest BCUT2D eigenvalue weighted by Crippen LogP contribution is -2.30. The van der Waals surface area contributed by atoms with Gasteiger partial charge in [0.2, 0.25) is 10.0 Å². The Bertz CT molecular complexity index is 540. The summed E-state index contributed by atoms with van der Waals surface area (Å²) in [4.78, 5) is 0. The van der Waals surface area contributed by atoms with Crippen molar-refractivity contribution in [1.29, 1.82) is 0 Å². The molecule has 0 bridgehead atoms. The minimum Gasteiger partial charge on any atom is -0.326 e. The van der Waals surface area contributed by atoms with E-state index < -0.39 is 21.1 Å². The molecule has 0 unspecified atom stereocenters. The highest BCUT2D eigenvalue weighted by Gasteiger charge is 2.27. The van der Waals surface area contributed by atoms with Crippen molar-refractivity contribution < 1.29 is 12.8 Å². The van der Waals surface area contributed by atoms with Crippen molar-refractivity contribution in [1.82, 2.24) is 0 Å². The number of rotatable bonds is 4. The van der Waals surface area contributed by atoms with E-state index in [2.05, 4.69) is 4.72 Å². The van der Waals surface area contributed by atoms with Crippen LogP contribution in [0.1, 0.15) is 37.7 Å². The van der Waals surface area contributed by atoms with Gasteiger partial charge in [0, 0.05) is 6.54 Å². The predicted molar refractivity (Wildman–Crippen MR) is 73.7 cm³/mol.